The molecule has 1 saturated carbocycles. The lowest BCUT2D eigenvalue weighted by Gasteiger charge is -2.22. The van der Waals surface area contributed by atoms with Gasteiger partial charge in [0.1, 0.15) is 0 Å². The van der Waals surface area contributed by atoms with Crippen molar-refractivity contribution in [1.29, 1.82) is 0 Å². The topological polar surface area (TPSA) is 71.1 Å². The van der Waals surface area contributed by atoms with Crippen molar-refractivity contribution >= 4 is 23.2 Å². The molecule has 1 aliphatic heterocycles. The molecule has 4 rings (SSSR count). The van der Waals surface area contributed by atoms with Crippen LogP contribution in [0, 0.1) is 0 Å². The van der Waals surface area contributed by atoms with Crippen LogP contribution in [-0.2, 0) is 16.1 Å². The molecule has 182 valence electrons. The maximum absolute atomic E-state index is 12.7. The van der Waals surface area contributed by atoms with Gasteiger partial charge in [0.25, 0.3) is 0 Å². The van der Waals surface area contributed by atoms with Crippen molar-refractivity contribution in [3.05, 3.63) is 48.0 Å². The molecule has 7 nitrogen and oxygen atoms in total. The number of anilines is 2. The van der Waals surface area contributed by atoms with Gasteiger partial charge in [-0.25, -0.2) is 0 Å². The summed E-state index contributed by atoms with van der Waals surface area (Å²) in [6.07, 6.45) is 3.46. The van der Waals surface area contributed by atoms with Crippen LogP contribution >= 0.6 is 0 Å². The Bertz CT molecular complexity index is 1010. The first-order chi connectivity index (χ1) is 16.4. The SMILES string of the molecule is CCOc1cc(CN(CC(=O)Nc2ccc(N3CCCC3=O)cc2)C2CC2)ccc1OC(F)F. The molecule has 2 fully saturated rings. The number of alkyl halides is 2. The minimum Gasteiger partial charge on any atom is -0.490 e. The Morgan fingerprint density at radius 2 is 1.94 bits per heavy atom. The van der Waals surface area contributed by atoms with Crippen molar-refractivity contribution in [3.63, 3.8) is 0 Å². The third kappa shape index (κ3) is 6.22. The number of hydrogen-bond donors (Lipinski definition) is 1. The van der Waals surface area contributed by atoms with Gasteiger partial charge in [-0.3, -0.25) is 14.5 Å². The summed E-state index contributed by atoms with van der Waals surface area (Å²) >= 11 is 0. The third-order valence-corrected chi connectivity index (χ3v) is 5.86. The first-order valence-corrected chi connectivity index (χ1v) is 11.6. The van der Waals surface area contributed by atoms with E-state index < -0.39 is 6.61 Å². The molecule has 0 bridgehead atoms. The number of hydrogen-bond acceptors (Lipinski definition) is 5. The van der Waals surface area contributed by atoms with Gasteiger partial charge in [-0.05, 0) is 68.1 Å². The van der Waals surface area contributed by atoms with E-state index in [1.807, 2.05) is 12.1 Å². The number of amides is 2. The lowest BCUT2D eigenvalue weighted by atomic mass is 10.2. The molecule has 1 aliphatic carbocycles. The van der Waals surface area contributed by atoms with Gasteiger partial charge in [0.05, 0.1) is 13.2 Å². The molecule has 2 aromatic rings. The highest BCUT2D eigenvalue weighted by Crippen LogP contribution is 2.33. The zero-order valence-corrected chi connectivity index (χ0v) is 19.1. The highest BCUT2D eigenvalue weighted by molar-refractivity contribution is 5.96. The molecule has 0 spiro atoms. The molecular formula is C25H29F2N3O4. The molecule has 1 N–H and O–H groups in total. The van der Waals surface area contributed by atoms with Crippen molar-refractivity contribution in [2.45, 2.75) is 51.8 Å². The second-order valence-electron chi connectivity index (χ2n) is 8.47. The molecule has 1 saturated heterocycles. The van der Waals surface area contributed by atoms with E-state index in [0.29, 0.717) is 31.3 Å². The van der Waals surface area contributed by atoms with Gasteiger partial charge >= 0.3 is 6.61 Å². The van der Waals surface area contributed by atoms with E-state index in [9.17, 15) is 18.4 Å². The predicted molar refractivity (Wildman–Crippen MR) is 124 cm³/mol. The Kier molecular flexibility index (Phi) is 7.62. The van der Waals surface area contributed by atoms with E-state index in [1.54, 1.807) is 36.1 Å². The fraction of sp³-hybridized carbons (Fsp3) is 0.440. The minimum atomic E-state index is -2.93. The zero-order valence-electron chi connectivity index (χ0n) is 19.1. The maximum Gasteiger partial charge on any atom is 0.387 e. The predicted octanol–water partition coefficient (Wildman–Crippen LogP) is 4.42. The summed E-state index contributed by atoms with van der Waals surface area (Å²) in [5.74, 6) is 0.241. The van der Waals surface area contributed by atoms with Gasteiger partial charge < -0.3 is 19.7 Å². The molecule has 2 amide bonds. The maximum atomic E-state index is 12.7. The van der Waals surface area contributed by atoms with Crippen molar-refractivity contribution in [1.82, 2.24) is 4.90 Å². The largest absolute Gasteiger partial charge is 0.490 e. The van der Waals surface area contributed by atoms with Crippen molar-refractivity contribution in [3.8, 4) is 11.5 Å². The fourth-order valence-corrected chi connectivity index (χ4v) is 4.13. The minimum absolute atomic E-state index is 0.00427. The molecule has 34 heavy (non-hydrogen) atoms. The Morgan fingerprint density at radius 3 is 2.56 bits per heavy atom. The summed E-state index contributed by atoms with van der Waals surface area (Å²) in [4.78, 5) is 28.5. The standard InChI is InChI=1S/C25H29F2N3O4/c1-2-33-22-14-17(5-12-21(22)34-25(26)27)15-29(19-10-11-19)16-23(31)28-18-6-8-20(9-7-18)30-13-3-4-24(30)32/h5-9,12,14,19,25H,2-4,10-11,13,15-16H2,1H3,(H,28,31). The van der Waals surface area contributed by atoms with Gasteiger partial charge in [0.15, 0.2) is 11.5 Å². The van der Waals surface area contributed by atoms with Crippen molar-refractivity contribution < 1.29 is 27.8 Å². The lowest BCUT2D eigenvalue weighted by Crippen LogP contribution is -2.34. The number of nitrogens with zero attached hydrogens (tertiary/aromatic N) is 2. The smallest absolute Gasteiger partial charge is 0.387 e. The first kappa shape index (κ1) is 23.9. The van der Waals surface area contributed by atoms with Crippen LogP contribution in [-0.4, -0.2) is 49.1 Å². The molecule has 2 aliphatic rings. The quantitative estimate of drug-likeness (QED) is 0.523. The highest BCUT2D eigenvalue weighted by atomic mass is 19.3. The zero-order chi connectivity index (χ0) is 24.1. The normalized spacial score (nSPS) is 15.8. The summed E-state index contributed by atoms with van der Waals surface area (Å²) in [5.41, 5.74) is 2.36. The van der Waals surface area contributed by atoms with Gasteiger partial charge in [-0.1, -0.05) is 6.07 Å². The molecule has 0 radical (unpaired) electrons. The van der Waals surface area contributed by atoms with Crippen LogP contribution in [0.15, 0.2) is 42.5 Å². The molecule has 0 atom stereocenters. The Morgan fingerprint density at radius 1 is 1.18 bits per heavy atom. The molecule has 9 heteroatoms. The summed E-state index contributed by atoms with van der Waals surface area (Å²) in [7, 11) is 0. The summed E-state index contributed by atoms with van der Waals surface area (Å²) in [6.45, 7) is 0.583. The van der Waals surface area contributed by atoms with E-state index in [2.05, 4.69) is 15.0 Å². The lowest BCUT2D eigenvalue weighted by molar-refractivity contribution is -0.118. The Balaban J connectivity index is 1.37. The number of benzene rings is 2. The third-order valence-electron chi connectivity index (χ3n) is 5.86. The number of ether oxygens (including phenoxy) is 2. The fourth-order valence-electron chi connectivity index (χ4n) is 4.13. The number of halogens is 2. The van der Waals surface area contributed by atoms with Crippen LogP contribution in [0.5, 0.6) is 11.5 Å². The van der Waals surface area contributed by atoms with Gasteiger partial charge in [-0.2, -0.15) is 8.78 Å². The van der Waals surface area contributed by atoms with Gasteiger partial charge in [0, 0.05) is 36.9 Å². The van der Waals surface area contributed by atoms with Gasteiger partial charge in [0.2, 0.25) is 11.8 Å². The van der Waals surface area contributed by atoms with Crippen LogP contribution in [0.4, 0.5) is 20.2 Å². The Labute approximate surface area is 197 Å². The first-order valence-electron chi connectivity index (χ1n) is 11.6. The highest BCUT2D eigenvalue weighted by Gasteiger charge is 2.30. The number of carbonyl (C=O) groups excluding carboxylic acids is 2. The van der Waals surface area contributed by atoms with E-state index in [0.717, 1.165) is 37.1 Å². The molecule has 1 heterocycles. The van der Waals surface area contributed by atoms with Gasteiger partial charge in [-0.15, -0.1) is 0 Å². The van der Waals surface area contributed by atoms with Crippen LogP contribution in [0.3, 0.4) is 0 Å². The molecule has 0 unspecified atom stereocenters. The summed E-state index contributed by atoms with van der Waals surface area (Å²) in [6, 6.07) is 12.5. The molecule has 0 aromatic heterocycles. The number of rotatable bonds is 11. The average molecular weight is 474 g/mol. The van der Waals surface area contributed by atoms with E-state index in [4.69, 9.17) is 4.74 Å². The summed E-state index contributed by atoms with van der Waals surface area (Å²) < 4.78 is 35.3. The van der Waals surface area contributed by atoms with Crippen LogP contribution in [0.2, 0.25) is 0 Å². The van der Waals surface area contributed by atoms with Crippen LogP contribution in [0.1, 0.15) is 38.2 Å². The van der Waals surface area contributed by atoms with Crippen LogP contribution in [0.25, 0.3) is 0 Å². The number of carbonyl (C=O) groups is 2. The summed E-state index contributed by atoms with van der Waals surface area (Å²) in [5, 5.41) is 2.92. The number of nitrogens with one attached hydrogen (secondary N) is 1. The second kappa shape index (κ2) is 10.8. The van der Waals surface area contributed by atoms with Crippen molar-refractivity contribution in [2.24, 2.45) is 0 Å². The monoisotopic (exact) mass is 473 g/mol. The molecular weight excluding hydrogens is 444 g/mol. The average Bonchev–Trinajstić information content (AvgIpc) is 3.56. The van der Waals surface area contributed by atoms with E-state index in [1.165, 1.54) is 6.07 Å². The van der Waals surface area contributed by atoms with E-state index in [-0.39, 0.29) is 29.9 Å². The van der Waals surface area contributed by atoms with Crippen LogP contribution < -0.4 is 19.7 Å². The second-order valence-corrected chi connectivity index (χ2v) is 8.47. The van der Waals surface area contributed by atoms with E-state index >= 15 is 0 Å². The molecule has 2 aromatic carbocycles. The Hall–Kier alpha value is -3.20. The van der Waals surface area contributed by atoms with Crippen molar-refractivity contribution in [2.75, 3.05) is 29.9 Å².